The standard InChI is InChI=1S/C20H18BrN3O2/c1-3-26-20(25)16-17(21)23-18(14-7-5-4-6-8-14)24-19(16)22-15-11-9-13(2)10-12-15/h4-12H,3H2,1-2H3,(H,22,23,24). The minimum absolute atomic E-state index is 0.270. The van der Waals surface area contributed by atoms with Crippen LogP contribution in [0.2, 0.25) is 0 Å². The fraction of sp³-hybridized carbons (Fsp3) is 0.150. The maximum Gasteiger partial charge on any atom is 0.344 e. The number of esters is 1. The fourth-order valence-electron chi connectivity index (χ4n) is 2.40. The second-order valence-corrected chi connectivity index (χ2v) is 6.39. The van der Waals surface area contributed by atoms with Crippen molar-refractivity contribution in [3.63, 3.8) is 0 Å². The van der Waals surface area contributed by atoms with Crippen LogP contribution < -0.4 is 5.32 Å². The molecule has 0 fully saturated rings. The molecule has 0 aliphatic heterocycles. The Balaban J connectivity index is 2.08. The third-order valence-electron chi connectivity index (χ3n) is 3.69. The molecule has 6 heteroatoms. The van der Waals surface area contributed by atoms with Gasteiger partial charge in [-0.2, -0.15) is 0 Å². The summed E-state index contributed by atoms with van der Waals surface area (Å²) in [6.07, 6.45) is 0. The number of aryl methyl sites for hydroxylation is 1. The molecule has 26 heavy (non-hydrogen) atoms. The Morgan fingerprint density at radius 2 is 1.77 bits per heavy atom. The van der Waals surface area contributed by atoms with Gasteiger partial charge in [0.05, 0.1) is 6.61 Å². The summed E-state index contributed by atoms with van der Waals surface area (Å²) in [4.78, 5) is 21.4. The smallest absolute Gasteiger partial charge is 0.344 e. The zero-order valence-corrected chi connectivity index (χ0v) is 16.1. The van der Waals surface area contributed by atoms with Crippen molar-refractivity contribution in [2.75, 3.05) is 11.9 Å². The predicted octanol–water partition coefficient (Wildman–Crippen LogP) is 5.13. The van der Waals surface area contributed by atoms with Crippen molar-refractivity contribution < 1.29 is 9.53 Å². The van der Waals surface area contributed by atoms with Crippen LogP contribution in [0.4, 0.5) is 11.5 Å². The molecule has 0 aliphatic rings. The van der Waals surface area contributed by atoms with Crippen molar-refractivity contribution in [2.24, 2.45) is 0 Å². The summed E-state index contributed by atoms with van der Waals surface area (Å²) in [7, 11) is 0. The lowest BCUT2D eigenvalue weighted by Gasteiger charge is -2.13. The van der Waals surface area contributed by atoms with Gasteiger partial charge in [0.25, 0.3) is 0 Å². The van der Waals surface area contributed by atoms with Crippen molar-refractivity contribution >= 4 is 33.4 Å². The number of nitrogens with zero attached hydrogens (tertiary/aromatic N) is 2. The van der Waals surface area contributed by atoms with Crippen molar-refractivity contribution in [2.45, 2.75) is 13.8 Å². The van der Waals surface area contributed by atoms with Crippen LogP contribution in [0.3, 0.4) is 0 Å². The van der Waals surface area contributed by atoms with Crippen LogP contribution in [0.1, 0.15) is 22.8 Å². The summed E-state index contributed by atoms with van der Waals surface area (Å²) in [6.45, 7) is 4.05. The molecule has 0 saturated heterocycles. The Hall–Kier alpha value is -2.73. The molecule has 0 aliphatic carbocycles. The first kappa shape index (κ1) is 18.1. The number of aromatic nitrogens is 2. The van der Waals surface area contributed by atoms with Gasteiger partial charge < -0.3 is 10.1 Å². The van der Waals surface area contributed by atoms with E-state index >= 15 is 0 Å². The number of benzene rings is 2. The zero-order valence-electron chi connectivity index (χ0n) is 14.5. The Labute approximate surface area is 160 Å². The van der Waals surface area contributed by atoms with E-state index in [1.807, 2.05) is 61.5 Å². The first-order chi connectivity index (χ1) is 12.6. The molecule has 1 heterocycles. The van der Waals surface area contributed by atoms with Gasteiger partial charge in [0, 0.05) is 11.3 Å². The van der Waals surface area contributed by atoms with Gasteiger partial charge in [-0.05, 0) is 41.9 Å². The van der Waals surface area contributed by atoms with E-state index in [-0.39, 0.29) is 12.2 Å². The number of ether oxygens (including phenoxy) is 1. The van der Waals surface area contributed by atoms with Gasteiger partial charge in [-0.25, -0.2) is 14.8 Å². The topological polar surface area (TPSA) is 64.1 Å². The number of nitrogens with one attached hydrogen (secondary N) is 1. The summed E-state index contributed by atoms with van der Waals surface area (Å²) in [5, 5.41) is 3.21. The number of anilines is 2. The minimum Gasteiger partial charge on any atom is -0.462 e. The van der Waals surface area contributed by atoms with E-state index in [4.69, 9.17) is 4.74 Å². The Morgan fingerprint density at radius 1 is 1.08 bits per heavy atom. The van der Waals surface area contributed by atoms with E-state index in [1.165, 1.54) is 0 Å². The molecule has 3 rings (SSSR count). The van der Waals surface area contributed by atoms with E-state index in [2.05, 4.69) is 31.2 Å². The van der Waals surface area contributed by atoms with Gasteiger partial charge in [0.2, 0.25) is 0 Å². The second kappa shape index (κ2) is 8.10. The van der Waals surface area contributed by atoms with Crippen LogP contribution in [0.25, 0.3) is 11.4 Å². The first-order valence-corrected chi connectivity index (χ1v) is 9.01. The molecular weight excluding hydrogens is 394 g/mol. The van der Waals surface area contributed by atoms with Gasteiger partial charge in [0.1, 0.15) is 16.0 Å². The lowest BCUT2D eigenvalue weighted by atomic mass is 10.2. The van der Waals surface area contributed by atoms with Crippen LogP contribution in [0, 0.1) is 6.92 Å². The van der Waals surface area contributed by atoms with Crippen LogP contribution >= 0.6 is 15.9 Å². The highest BCUT2D eigenvalue weighted by Crippen LogP contribution is 2.29. The highest BCUT2D eigenvalue weighted by molar-refractivity contribution is 9.10. The minimum atomic E-state index is -0.478. The van der Waals surface area contributed by atoms with Crippen LogP contribution in [0.5, 0.6) is 0 Å². The molecule has 0 radical (unpaired) electrons. The predicted molar refractivity (Wildman–Crippen MR) is 106 cm³/mol. The number of carbonyl (C=O) groups excluding carboxylic acids is 1. The highest BCUT2D eigenvalue weighted by atomic mass is 79.9. The Morgan fingerprint density at radius 3 is 2.42 bits per heavy atom. The summed E-state index contributed by atoms with van der Waals surface area (Å²) in [5.41, 5.74) is 3.10. The van der Waals surface area contributed by atoms with Crippen molar-refractivity contribution in [1.29, 1.82) is 0 Å². The third-order valence-corrected chi connectivity index (χ3v) is 4.26. The molecule has 0 atom stereocenters. The number of hydrogen-bond acceptors (Lipinski definition) is 5. The highest BCUT2D eigenvalue weighted by Gasteiger charge is 2.21. The lowest BCUT2D eigenvalue weighted by Crippen LogP contribution is -2.12. The van der Waals surface area contributed by atoms with Crippen LogP contribution in [-0.2, 0) is 4.74 Å². The monoisotopic (exact) mass is 411 g/mol. The van der Waals surface area contributed by atoms with Gasteiger partial charge >= 0.3 is 5.97 Å². The summed E-state index contributed by atoms with van der Waals surface area (Å²) in [6, 6.07) is 17.4. The molecule has 0 unspecified atom stereocenters. The van der Waals surface area contributed by atoms with E-state index < -0.39 is 5.97 Å². The third kappa shape index (κ3) is 4.08. The molecule has 3 aromatic rings. The average molecular weight is 412 g/mol. The number of carbonyl (C=O) groups is 1. The number of halogens is 1. The maximum atomic E-state index is 12.4. The molecule has 0 bridgehead atoms. The van der Waals surface area contributed by atoms with Gasteiger partial charge in [-0.1, -0.05) is 48.0 Å². The SMILES string of the molecule is CCOC(=O)c1c(Br)nc(-c2ccccc2)nc1Nc1ccc(C)cc1. The van der Waals surface area contributed by atoms with Crippen molar-refractivity contribution in [3.05, 3.63) is 70.3 Å². The van der Waals surface area contributed by atoms with Crippen LogP contribution in [-0.4, -0.2) is 22.5 Å². The zero-order chi connectivity index (χ0) is 18.5. The van der Waals surface area contributed by atoms with Gasteiger partial charge in [-0.3, -0.25) is 0 Å². The maximum absolute atomic E-state index is 12.4. The van der Waals surface area contributed by atoms with E-state index in [9.17, 15) is 4.79 Å². The molecule has 1 aromatic heterocycles. The number of rotatable bonds is 5. The fourth-order valence-corrected chi connectivity index (χ4v) is 2.92. The normalized spacial score (nSPS) is 10.4. The van der Waals surface area contributed by atoms with E-state index in [0.29, 0.717) is 16.2 Å². The van der Waals surface area contributed by atoms with Crippen molar-refractivity contribution in [3.8, 4) is 11.4 Å². The number of hydrogen-bond donors (Lipinski definition) is 1. The summed E-state index contributed by atoms with van der Waals surface area (Å²) < 4.78 is 5.55. The molecule has 0 amide bonds. The molecule has 0 spiro atoms. The Kier molecular flexibility index (Phi) is 5.63. The average Bonchev–Trinajstić information content (AvgIpc) is 2.64. The van der Waals surface area contributed by atoms with Crippen molar-refractivity contribution in [1.82, 2.24) is 9.97 Å². The molecule has 1 N–H and O–H groups in total. The van der Waals surface area contributed by atoms with E-state index in [1.54, 1.807) is 6.92 Å². The van der Waals surface area contributed by atoms with Gasteiger partial charge in [0.15, 0.2) is 5.82 Å². The molecule has 132 valence electrons. The summed E-state index contributed by atoms with van der Waals surface area (Å²) >= 11 is 3.40. The molecular formula is C20H18BrN3O2. The van der Waals surface area contributed by atoms with Gasteiger partial charge in [-0.15, -0.1) is 0 Å². The summed E-state index contributed by atoms with van der Waals surface area (Å²) in [5.74, 6) is 0.432. The molecule has 5 nitrogen and oxygen atoms in total. The molecule has 2 aromatic carbocycles. The Bertz CT molecular complexity index is 912. The quantitative estimate of drug-likeness (QED) is 0.465. The molecule has 0 saturated carbocycles. The van der Waals surface area contributed by atoms with E-state index in [0.717, 1.165) is 16.8 Å². The first-order valence-electron chi connectivity index (χ1n) is 8.22. The lowest BCUT2D eigenvalue weighted by molar-refractivity contribution is 0.0525. The van der Waals surface area contributed by atoms with Crippen LogP contribution in [0.15, 0.2) is 59.2 Å². The second-order valence-electron chi connectivity index (χ2n) is 5.64. The largest absolute Gasteiger partial charge is 0.462 e.